The Morgan fingerprint density at radius 2 is 1.71 bits per heavy atom. The third-order valence-electron chi connectivity index (χ3n) is 2.74. The van der Waals surface area contributed by atoms with Gasteiger partial charge >= 0.3 is 0 Å². The van der Waals surface area contributed by atoms with Crippen molar-refractivity contribution < 1.29 is 9.47 Å². The van der Waals surface area contributed by atoms with Gasteiger partial charge in [0.1, 0.15) is 0 Å². The first-order valence-electron chi connectivity index (χ1n) is 5.51. The highest BCUT2D eigenvalue weighted by Gasteiger charge is 2.25. The topological polar surface area (TPSA) is 18.5 Å². The van der Waals surface area contributed by atoms with Crippen molar-refractivity contribution in [3.63, 3.8) is 0 Å². The molecule has 1 aliphatic heterocycles. The molecule has 0 bridgehead atoms. The second-order valence-corrected chi connectivity index (χ2v) is 3.89. The van der Waals surface area contributed by atoms with Gasteiger partial charge in [0.25, 0.3) is 6.29 Å². The van der Waals surface area contributed by atoms with Gasteiger partial charge in [-0.1, -0.05) is 49.1 Å². The molecular weight excluding hydrogens is 212 g/mol. The first-order chi connectivity index (χ1) is 8.36. The van der Waals surface area contributed by atoms with E-state index < -0.39 is 0 Å². The third-order valence-corrected chi connectivity index (χ3v) is 2.74. The van der Waals surface area contributed by atoms with Crippen molar-refractivity contribution in [1.82, 2.24) is 0 Å². The van der Waals surface area contributed by atoms with Gasteiger partial charge in [0.15, 0.2) is 11.5 Å². The molecule has 84 valence electrons. The summed E-state index contributed by atoms with van der Waals surface area (Å²) in [6.45, 7) is 3.74. The van der Waals surface area contributed by atoms with Crippen molar-refractivity contribution >= 4 is 6.08 Å². The van der Waals surface area contributed by atoms with Crippen LogP contribution >= 0.6 is 0 Å². The number of hydrogen-bond donors (Lipinski definition) is 0. The maximum atomic E-state index is 5.77. The van der Waals surface area contributed by atoms with Gasteiger partial charge in [0, 0.05) is 5.56 Å². The lowest BCUT2D eigenvalue weighted by atomic mass is 10.2. The van der Waals surface area contributed by atoms with Crippen molar-refractivity contribution in [2.45, 2.75) is 6.29 Å². The van der Waals surface area contributed by atoms with Crippen molar-refractivity contribution in [1.29, 1.82) is 0 Å². The Hall–Kier alpha value is -2.22. The van der Waals surface area contributed by atoms with Gasteiger partial charge in [0.05, 0.1) is 0 Å². The summed E-state index contributed by atoms with van der Waals surface area (Å²) in [6.07, 6.45) is 1.45. The molecular formula is C15H12O2. The Balaban J connectivity index is 1.90. The molecule has 0 aliphatic carbocycles. The summed E-state index contributed by atoms with van der Waals surface area (Å²) < 4.78 is 11.5. The molecule has 2 aromatic carbocycles. The van der Waals surface area contributed by atoms with E-state index in [0.717, 1.165) is 22.6 Å². The van der Waals surface area contributed by atoms with Crippen LogP contribution in [0.4, 0.5) is 0 Å². The normalized spacial score (nSPS) is 16.8. The van der Waals surface area contributed by atoms with E-state index >= 15 is 0 Å². The zero-order valence-corrected chi connectivity index (χ0v) is 9.30. The molecule has 0 aromatic heterocycles. The van der Waals surface area contributed by atoms with Crippen LogP contribution in [0.1, 0.15) is 17.4 Å². The fourth-order valence-corrected chi connectivity index (χ4v) is 1.84. The van der Waals surface area contributed by atoms with Crippen LogP contribution in [-0.4, -0.2) is 0 Å². The Bertz CT molecular complexity index is 546. The van der Waals surface area contributed by atoms with E-state index in [2.05, 4.69) is 6.58 Å². The highest BCUT2D eigenvalue weighted by Crippen LogP contribution is 2.40. The summed E-state index contributed by atoms with van der Waals surface area (Å²) in [6, 6.07) is 15.7. The molecule has 1 atom stereocenters. The van der Waals surface area contributed by atoms with E-state index in [4.69, 9.17) is 9.47 Å². The van der Waals surface area contributed by atoms with Gasteiger partial charge in [0.2, 0.25) is 0 Å². The fraction of sp³-hybridized carbons (Fsp3) is 0.0667. The van der Waals surface area contributed by atoms with Crippen molar-refractivity contribution in [2.24, 2.45) is 0 Å². The van der Waals surface area contributed by atoms with Crippen LogP contribution in [0.15, 0.2) is 55.1 Å². The molecule has 0 saturated heterocycles. The van der Waals surface area contributed by atoms with E-state index in [1.165, 1.54) is 0 Å². The van der Waals surface area contributed by atoms with Crippen molar-refractivity contribution in [3.05, 3.63) is 66.2 Å². The minimum absolute atomic E-state index is 0.341. The van der Waals surface area contributed by atoms with Crippen LogP contribution < -0.4 is 9.47 Å². The van der Waals surface area contributed by atoms with Gasteiger partial charge in [-0.05, 0) is 17.7 Å². The summed E-state index contributed by atoms with van der Waals surface area (Å²) in [7, 11) is 0. The number of ether oxygens (including phenoxy) is 2. The maximum absolute atomic E-state index is 5.77. The smallest absolute Gasteiger partial charge is 0.267 e. The predicted molar refractivity (Wildman–Crippen MR) is 67.0 cm³/mol. The van der Waals surface area contributed by atoms with Gasteiger partial charge in [-0.3, -0.25) is 0 Å². The van der Waals surface area contributed by atoms with Crippen molar-refractivity contribution in [3.8, 4) is 11.5 Å². The second kappa shape index (κ2) is 3.98. The lowest BCUT2D eigenvalue weighted by Gasteiger charge is -2.09. The SMILES string of the molecule is C=Cc1ccc2c(c1)OC(c1ccccc1)O2. The number of fused-ring (bicyclic) bond motifs is 1. The molecule has 0 radical (unpaired) electrons. The zero-order chi connectivity index (χ0) is 11.7. The first kappa shape index (κ1) is 9.97. The molecule has 0 N–H and O–H groups in total. The van der Waals surface area contributed by atoms with Gasteiger partial charge in [-0.15, -0.1) is 0 Å². The summed E-state index contributed by atoms with van der Waals surface area (Å²) in [5, 5.41) is 0. The van der Waals surface area contributed by atoms with E-state index in [1.807, 2.05) is 48.5 Å². The predicted octanol–water partition coefficient (Wildman–Crippen LogP) is 3.80. The largest absolute Gasteiger partial charge is 0.447 e. The standard InChI is InChI=1S/C15H12O2/c1-2-11-8-9-13-14(10-11)17-15(16-13)12-6-4-3-5-7-12/h2-10,15H,1H2. The average molecular weight is 224 g/mol. The van der Waals surface area contributed by atoms with Gasteiger partial charge < -0.3 is 9.47 Å². The molecule has 1 unspecified atom stereocenters. The first-order valence-corrected chi connectivity index (χ1v) is 5.51. The molecule has 2 nitrogen and oxygen atoms in total. The number of benzene rings is 2. The van der Waals surface area contributed by atoms with E-state index in [0.29, 0.717) is 0 Å². The third kappa shape index (κ3) is 1.78. The molecule has 2 heteroatoms. The summed E-state index contributed by atoms with van der Waals surface area (Å²) in [5.41, 5.74) is 2.05. The molecule has 1 aliphatic rings. The molecule has 2 aromatic rings. The average Bonchev–Trinajstić information content (AvgIpc) is 2.82. The molecule has 0 spiro atoms. The molecule has 1 heterocycles. The van der Waals surface area contributed by atoms with Crippen molar-refractivity contribution in [2.75, 3.05) is 0 Å². The van der Waals surface area contributed by atoms with E-state index in [-0.39, 0.29) is 6.29 Å². The van der Waals surface area contributed by atoms with Crippen LogP contribution in [0.2, 0.25) is 0 Å². The highest BCUT2D eigenvalue weighted by atomic mass is 16.7. The fourth-order valence-electron chi connectivity index (χ4n) is 1.84. The van der Waals surface area contributed by atoms with Crippen LogP contribution in [0.3, 0.4) is 0 Å². The Morgan fingerprint density at radius 1 is 0.941 bits per heavy atom. The monoisotopic (exact) mass is 224 g/mol. The summed E-state index contributed by atoms with van der Waals surface area (Å²) in [4.78, 5) is 0. The maximum Gasteiger partial charge on any atom is 0.267 e. The Kier molecular flexibility index (Phi) is 2.33. The molecule has 0 fully saturated rings. The van der Waals surface area contributed by atoms with E-state index in [1.54, 1.807) is 6.08 Å². The summed E-state index contributed by atoms with van der Waals surface area (Å²) >= 11 is 0. The zero-order valence-electron chi connectivity index (χ0n) is 9.30. The van der Waals surface area contributed by atoms with Crippen LogP contribution in [0.5, 0.6) is 11.5 Å². The molecule has 0 saturated carbocycles. The van der Waals surface area contributed by atoms with Crippen LogP contribution in [0, 0.1) is 0 Å². The quantitative estimate of drug-likeness (QED) is 0.772. The molecule has 0 amide bonds. The minimum Gasteiger partial charge on any atom is -0.447 e. The molecule has 3 rings (SSSR count). The number of hydrogen-bond acceptors (Lipinski definition) is 2. The lowest BCUT2D eigenvalue weighted by Crippen LogP contribution is -2.07. The van der Waals surface area contributed by atoms with Crippen LogP contribution in [-0.2, 0) is 0 Å². The van der Waals surface area contributed by atoms with E-state index in [9.17, 15) is 0 Å². The number of rotatable bonds is 2. The minimum atomic E-state index is -0.341. The van der Waals surface area contributed by atoms with Crippen LogP contribution in [0.25, 0.3) is 6.08 Å². The van der Waals surface area contributed by atoms with Gasteiger partial charge in [-0.25, -0.2) is 0 Å². The molecule has 17 heavy (non-hydrogen) atoms. The Labute approximate surface area is 100 Å². The van der Waals surface area contributed by atoms with Gasteiger partial charge in [-0.2, -0.15) is 0 Å². The second-order valence-electron chi connectivity index (χ2n) is 3.89. The lowest BCUT2D eigenvalue weighted by molar-refractivity contribution is 0.0487. The highest BCUT2D eigenvalue weighted by molar-refractivity contribution is 5.55. The summed E-state index contributed by atoms with van der Waals surface area (Å²) in [5.74, 6) is 1.56. The Morgan fingerprint density at radius 3 is 2.47 bits per heavy atom.